The number of amides is 1. The summed E-state index contributed by atoms with van der Waals surface area (Å²) in [4.78, 5) is 22.9. The molecule has 1 aromatic carbocycles. The molecular weight excluding hydrogens is 406 g/mol. The van der Waals surface area contributed by atoms with Gasteiger partial charge in [0.25, 0.3) is 0 Å². The minimum atomic E-state index is 0.202. The van der Waals surface area contributed by atoms with E-state index in [1.807, 2.05) is 62.1 Å². The number of carbonyl (C=O) groups excluding carboxylic acids is 1. The fourth-order valence-corrected chi connectivity index (χ4v) is 3.50. The number of pyridine rings is 1. The van der Waals surface area contributed by atoms with Gasteiger partial charge in [-0.15, -0.1) is 0 Å². The number of nitrogens with zero attached hydrogens (tertiary/aromatic N) is 3. The van der Waals surface area contributed by atoms with Gasteiger partial charge in [0, 0.05) is 44.4 Å². The van der Waals surface area contributed by atoms with Crippen molar-refractivity contribution in [2.24, 2.45) is 4.99 Å². The number of likely N-dealkylation sites (tertiary alicyclic amines) is 1. The van der Waals surface area contributed by atoms with Gasteiger partial charge < -0.3 is 25.0 Å². The Hall–Kier alpha value is -3.29. The summed E-state index contributed by atoms with van der Waals surface area (Å²) in [6.45, 7) is 9.20. The van der Waals surface area contributed by atoms with Gasteiger partial charge >= 0.3 is 0 Å². The molecule has 0 radical (unpaired) electrons. The van der Waals surface area contributed by atoms with Crippen LogP contribution in [0.3, 0.4) is 0 Å². The van der Waals surface area contributed by atoms with E-state index in [1.165, 1.54) is 0 Å². The maximum absolute atomic E-state index is 11.9. The molecule has 3 rings (SSSR count). The van der Waals surface area contributed by atoms with E-state index in [4.69, 9.17) is 9.47 Å². The van der Waals surface area contributed by atoms with Crippen LogP contribution in [0.25, 0.3) is 0 Å². The number of nitrogens with one attached hydrogen (secondary N) is 2. The Morgan fingerprint density at radius 2 is 2.00 bits per heavy atom. The van der Waals surface area contributed by atoms with E-state index >= 15 is 0 Å². The Bertz CT molecular complexity index is 901. The number of aliphatic imine (C=N–C) groups is 1. The molecule has 0 aliphatic carbocycles. The van der Waals surface area contributed by atoms with Crippen LogP contribution in [0.2, 0.25) is 0 Å². The monoisotopic (exact) mass is 439 g/mol. The van der Waals surface area contributed by atoms with E-state index in [9.17, 15) is 4.79 Å². The zero-order chi connectivity index (χ0) is 22.8. The Morgan fingerprint density at radius 1 is 1.19 bits per heavy atom. The number of rotatable bonds is 9. The maximum Gasteiger partial charge on any atom is 0.222 e. The average Bonchev–Trinajstić information content (AvgIpc) is 3.28. The summed E-state index contributed by atoms with van der Waals surface area (Å²) < 4.78 is 11.5. The van der Waals surface area contributed by atoms with Crippen molar-refractivity contribution in [3.8, 4) is 17.4 Å². The molecule has 0 saturated carbocycles. The van der Waals surface area contributed by atoms with Crippen molar-refractivity contribution >= 4 is 11.9 Å². The molecule has 1 saturated heterocycles. The number of hydrogen-bond donors (Lipinski definition) is 2. The smallest absolute Gasteiger partial charge is 0.222 e. The summed E-state index contributed by atoms with van der Waals surface area (Å²) in [6, 6.07) is 11.5. The summed E-state index contributed by atoms with van der Waals surface area (Å²) in [5.74, 6) is 2.78. The molecule has 0 spiro atoms. The van der Waals surface area contributed by atoms with Crippen LogP contribution in [0.5, 0.6) is 17.4 Å². The quantitative estimate of drug-likeness (QED) is 0.460. The Balaban J connectivity index is 1.58. The highest BCUT2D eigenvalue weighted by Gasteiger charge is 2.25. The zero-order valence-corrected chi connectivity index (χ0v) is 19.1. The standard InChI is InChI=1S/C24H33N5O3/c1-4-23(30)29-14-13-19(17-29)28-24(25-5-2)27-16-18-11-12-22(26-15-18)32-21-10-8-7-9-20(21)31-6-3/h7-12,15,19H,4-6,13-14,16-17H2,1-3H3,(H2,25,27,28). The third kappa shape index (κ3) is 6.60. The molecule has 8 heteroatoms. The highest BCUT2D eigenvalue weighted by Crippen LogP contribution is 2.30. The number of para-hydroxylation sites is 2. The first-order valence-corrected chi connectivity index (χ1v) is 11.3. The molecule has 8 nitrogen and oxygen atoms in total. The van der Waals surface area contributed by atoms with E-state index in [-0.39, 0.29) is 11.9 Å². The number of aromatic nitrogens is 1. The first-order valence-electron chi connectivity index (χ1n) is 11.3. The molecule has 1 amide bonds. The molecule has 0 bridgehead atoms. The fourth-order valence-electron chi connectivity index (χ4n) is 3.50. The van der Waals surface area contributed by atoms with Crippen LogP contribution >= 0.6 is 0 Å². The lowest BCUT2D eigenvalue weighted by Crippen LogP contribution is -2.45. The molecule has 2 heterocycles. The zero-order valence-electron chi connectivity index (χ0n) is 19.1. The number of guanidine groups is 1. The Labute approximate surface area is 190 Å². The third-order valence-corrected chi connectivity index (χ3v) is 5.11. The largest absolute Gasteiger partial charge is 0.490 e. The lowest BCUT2D eigenvalue weighted by molar-refractivity contribution is -0.129. The molecule has 172 valence electrons. The highest BCUT2D eigenvalue weighted by atomic mass is 16.5. The summed E-state index contributed by atoms with van der Waals surface area (Å²) in [6.07, 6.45) is 3.24. The summed E-state index contributed by atoms with van der Waals surface area (Å²) in [7, 11) is 0. The van der Waals surface area contributed by atoms with Crippen molar-refractivity contribution in [2.45, 2.75) is 46.2 Å². The van der Waals surface area contributed by atoms with Gasteiger partial charge in [-0.05, 0) is 38.0 Å². The van der Waals surface area contributed by atoms with Gasteiger partial charge in [0.05, 0.1) is 13.2 Å². The molecule has 1 unspecified atom stereocenters. The van der Waals surface area contributed by atoms with E-state index < -0.39 is 0 Å². The van der Waals surface area contributed by atoms with Crippen molar-refractivity contribution < 1.29 is 14.3 Å². The van der Waals surface area contributed by atoms with Gasteiger partial charge in [0.15, 0.2) is 17.5 Å². The van der Waals surface area contributed by atoms with Gasteiger partial charge in [0.2, 0.25) is 11.8 Å². The minimum absolute atomic E-state index is 0.202. The predicted molar refractivity (Wildman–Crippen MR) is 125 cm³/mol. The second-order valence-corrected chi connectivity index (χ2v) is 7.50. The molecule has 1 aromatic heterocycles. The topological polar surface area (TPSA) is 88.1 Å². The first kappa shape index (κ1) is 23.4. The van der Waals surface area contributed by atoms with Crippen LogP contribution in [0.15, 0.2) is 47.6 Å². The fraction of sp³-hybridized carbons (Fsp3) is 0.458. The molecule has 2 aromatic rings. The van der Waals surface area contributed by atoms with Gasteiger partial charge in [-0.25, -0.2) is 9.98 Å². The third-order valence-electron chi connectivity index (χ3n) is 5.11. The number of carbonyl (C=O) groups is 1. The predicted octanol–water partition coefficient (Wildman–Crippen LogP) is 3.34. The maximum atomic E-state index is 11.9. The number of benzene rings is 1. The van der Waals surface area contributed by atoms with Gasteiger partial charge in [-0.3, -0.25) is 4.79 Å². The van der Waals surface area contributed by atoms with Crippen molar-refractivity contribution in [3.63, 3.8) is 0 Å². The van der Waals surface area contributed by atoms with Gasteiger partial charge in [-0.1, -0.05) is 25.1 Å². The molecule has 1 atom stereocenters. The van der Waals surface area contributed by atoms with Crippen LogP contribution < -0.4 is 20.1 Å². The Morgan fingerprint density at radius 3 is 2.69 bits per heavy atom. The van der Waals surface area contributed by atoms with E-state index in [0.717, 1.165) is 31.0 Å². The van der Waals surface area contributed by atoms with Crippen LogP contribution in [0, 0.1) is 0 Å². The summed E-state index contributed by atoms with van der Waals surface area (Å²) in [5.41, 5.74) is 0.974. The minimum Gasteiger partial charge on any atom is -0.490 e. The van der Waals surface area contributed by atoms with Crippen molar-refractivity contribution in [1.29, 1.82) is 0 Å². The summed E-state index contributed by atoms with van der Waals surface area (Å²) in [5, 5.41) is 6.72. The second-order valence-electron chi connectivity index (χ2n) is 7.50. The van der Waals surface area contributed by atoms with Crippen LogP contribution in [-0.4, -0.2) is 54.0 Å². The van der Waals surface area contributed by atoms with Crippen molar-refractivity contribution in [1.82, 2.24) is 20.5 Å². The number of hydrogen-bond acceptors (Lipinski definition) is 5. The second kappa shape index (κ2) is 11.9. The van der Waals surface area contributed by atoms with Crippen molar-refractivity contribution in [2.75, 3.05) is 26.2 Å². The van der Waals surface area contributed by atoms with Gasteiger partial charge in [0.1, 0.15) is 0 Å². The SMILES string of the molecule is CCNC(=NCc1ccc(Oc2ccccc2OCC)nc1)NC1CCN(C(=O)CC)C1. The van der Waals surface area contributed by atoms with Crippen LogP contribution in [0.4, 0.5) is 0 Å². The highest BCUT2D eigenvalue weighted by molar-refractivity contribution is 5.80. The molecule has 32 heavy (non-hydrogen) atoms. The molecule has 1 aliphatic rings. The number of ether oxygens (including phenoxy) is 2. The first-order chi connectivity index (χ1) is 15.6. The van der Waals surface area contributed by atoms with Crippen molar-refractivity contribution in [3.05, 3.63) is 48.2 Å². The average molecular weight is 440 g/mol. The lowest BCUT2D eigenvalue weighted by atomic mass is 10.2. The van der Waals surface area contributed by atoms with Gasteiger partial charge in [-0.2, -0.15) is 0 Å². The van der Waals surface area contributed by atoms with Crippen LogP contribution in [0.1, 0.15) is 39.2 Å². The summed E-state index contributed by atoms with van der Waals surface area (Å²) >= 11 is 0. The molecular formula is C24H33N5O3. The van der Waals surface area contributed by atoms with E-state index in [1.54, 1.807) is 6.20 Å². The molecule has 1 aliphatic heterocycles. The van der Waals surface area contributed by atoms with E-state index in [2.05, 4.69) is 20.6 Å². The molecule has 2 N–H and O–H groups in total. The lowest BCUT2D eigenvalue weighted by Gasteiger charge is -2.18. The molecule has 1 fully saturated rings. The van der Waals surface area contributed by atoms with Crippen LogP contribution in [-0.2, 0) is 11.3 Å². The van der Waals surface area contributed by atoms with E-state index in [0.29, 0.717) is 43.5 Å². The Kier molecular flexibility index (Phi) is 8.71. The normalized spacial score (nSPS) is 16.0.